The SMILES string of the molecule is NC(=O)CONS(=O)(=O)c1ccc(Cl)s1. The van der Waals surface area contributed by atoms with Crippen LogP contribution in [0.25, 0.3) is 0 Å². The summed E-state index contributed by atoms with van der Waals surface area (Å²) in [5.74, 6) is -0.776. The number of rotatable bonds is 5. The highest BCUT2D eigenvalue weighted by Crippen LogP contribution is 2.25. The van der Waals surface area contributed by atoms with Crippen LogP contribution in [0, 0.1) is 0 Å². The summed E-state index contributed by atoms with van der Waals surface area (Å²) in [7, 11) is -3.78. The van der Waals surface area contributed by atoms with Gasteiger partial charge in [0.1, 0.15) is 10.8 Å². The second-order valence-corrected chi connectivity index (χ2v) is 5.99. The summed E-state index contributed by atoms with van der Waals surface area (Å²) >= 11 is 6.43. The van der Waals surface area contributed by atoms with Gasteiger partial charge >= 0.3 is 0 Å². The number of nitrogens with two attached hydrogens (primary N) is 1. The number of nitrogens with one attached hydrogen (secondary N) is 1. The van der Waals surface area contributed by atoms with Crippen molar-refractivity contribution in [3.05, 3.63) is 16.5 Å². The first-order valence-corrected chi connectivity index (χ1v) is 6.27. The molecule has 1 aromatic heterocycles. The van der Waals surface area contributed by atoms with Crippen LogP contribution in [-0.4, -0.2) is 20.9 Å². The van der Waals surface area contributed by atoms with Crippen LogP contribution in [0.2, 0.25) is 4.34 Å². The van der Waals surface area contributed by atoms with Gasteiger partial charge < -0.3 is 5.73 Å². The van der Waals surface area contributed by atoms with Gasteiger partial charge in [-0.15, -0.1) is 11.3 Å². The van der Waals surface area contributed by atoms with Gasteiger partial charge in [0.15, 0.2) is 0 Å². The van der Waals surface area contributed by atoms with Crippen molar-refractivity contribution in [2.75, 3.05) is 6.61 Å². The monoisotopic (exact) mass is 270 g/mol. The topological polar surface area (TPSA) is 98.5 Å². The maximum absolute atomic E-state index is 11.4. The Morgan fingerprint density at radius 1 is 1.60 bits per heavy atom. The Morgan fingerprint density at radius 2 is 2.27 bits per heavy atom. The molecule has 0 atom stereocenters. The second kappa shape index (κ2) is 4.90. The lowest BCUT2D eigenvalue weighted by Gasteiger charge is -2.02. The highest BCUT2D eigenvalue weighted by molar-refractivity contribution is 7.91. The van der Waals surface area contributed by atoms with Gasteiger partial charge in [0.2, 0.25) is 5.91 Å². The first-order valence-electron chi connectivity index (χ1n) is 3.59. The van der Waals surface area contributed by atoms with Crippen molar-refractivity contribution in [3.63, 3.8) is 0 Å². The first kappa shape index (κ1) is 12.4. The molecule has 0 unspecified atom stereocenters. The summed E-state index contributed by atoms with van der Waals surface area (Å²) in [5, 5.41) is 0. The largest absolute Gasteiger partial charge is 0.368 e. The fraction of sp³-hybridized carbons (Fsp3) is 0.167. The number of halogens is 1. The molecular weight excluding hydrogens is 264 g/mol. The smallest absolute Gasteiger partial charge is 0.272 e. The van der Waals surface area contributed by atoms with Gasteiger partial charge in [-0.2, -0.15) is 0 Å². The Balaban J connectivity index is 2.64. The van der Waals surface area contributed by atoms with E-state index in [0.29, 0.717) is 4.34 Å². The number of primary amides is 1. The molecule has 6 nitrogen and oxygen atoms in total. The van der Waals surface area contributed by atoms with Crippen molar-refractivity contribution in [2.24, 2.45) is 5.73 Å². The van der Waals surface area contributed by atoms with Crippen LogP contribution < -0.4 is 10.6 Å². The zero-order valence-electron chi connectivity index (χ0n) is 7.27. The molecule has 0 radical (unpaired) electrons. The Labute approximate surface area is 95.0 Å². The molecule has 0 saturated heterocycles. The lowest BCUT2D eigenvalue weighted by molar-refractivity contribution is -0.123. The first-order chi connectivity index (χ1) is 6.92. The van der Waals surface area contributed by atoms with Crippen molar-refractivity contribution < 1.29 is 18.0 Å². The normalized spacial score (nSPS) is 11.5. The van der Waals surface area contributed by atoms with Crippen LogP contribution in [-0.2, 0) is 19.7 Å². The van der Waals surface area contributed by atoms with Crippen molar-refractivity contribution in [1.82, 2.24) is 4.89 Å². The highest BCUT2D eigenvalue weighted by atomic mass is 35.5. The van der Waals surface area contributed by atoms with Gasteiger partial charge in [-0.25, -0.2) is 8.42 Å². The standard InChI is InChI=1S/C6H7ClN2O4S2/c7-4-1-2-6(14-4)15(11,12)9-13-3-5(8)10/h1-2,9H,3H2,(H2,8,10). The van der Waals surface area contributed by atoms with Crippen LogP contribution in [0.5, 0.6) is 0 Å². The number of amides is 1. The van der Waals surface area contributed by atoms with Crippen molar-refractivity contribution in [2.45, 2.75) is 4.21 Å². The van der Waals surface area contributed by atoms with E-state index in [1.165, 1.54) is 12.1 Å². The van der Waals surface area contributed by atoms with Gasteiger partial charge in [0, 0.05) is 0 Å². The number of carbonyl (C=O) groups excluding carboxylic acids is 1. The minimum Gasteiger partial charge on any atom is -0.368 e. The van der Waals surface area contributed by atoms with E-state index in [4.69, 9.17) is 17.3 Å². The summed E-state index contributed by atoms with van der Waals surface area (Å²) in [6, 6.07) is 2.76. The fourth-order valence-electron chi connectivity index (χ4n) is 0.661. The van der Waals surface area contributed by atoms with E-state index in [1.54, 1.807) is 4.89 Å². The Kier molecular flexibility index (Phi) is 4.05. The van der Waals surface area contributed by atoms with Crippen LogP contribution in [0.1, 0.15) is 0 Å². The third-order valence-corrected chi connectivity index (χ3v) is 4.13. The predicted octanol–water partition coefficient (Wildman–Crippen LogP) is 0.0967. The molecule has 0 aliphatic rings. The fourth-order valence-corrected chi connectivity index (χ4v) is 2.93. The van der Waals surface area contributed by atoms with E-state index in [2.05, 4.69) is 4.84 Å². The molecule has 15 heavy (non-hydrogen) atoms. The van der Waals surface area contributed by atoms with Gasteiger partial charge in [-0.1, -0.05) is 16.5 Å². The Bertz CT molecular complexity index is 455. The molecule has 1 rings (SSSR count). The van der Waals surface area contributed by atoms with Crippen LogP contribution in [0.3, 0.4) is 0 Å². The Hall–Kier alpha value is -0.670. The molecule has 0 fully saturated rings. The molecule has 3 N–H and O–H groups in total. The van der Waals surface area contributed by atoms with E-state index >= 15 is 0 Å². The highest BCUT2D eigenvalue weighted by Gasteiger charge is 2.16. The van der Waals surface area contributed by atoms with E-state index < -0.39 is 22.5 Å². The average Bonchev–Trinajstić information content (AvgIpc) is 2.51. The molecule has 0 spiro atoms. The molecule has 0 bridgehead atoms. The lowest BCUT2D eigenvalue weighted by Crippen LogP contribution is -2.29. The summed E-state index contributed by atoms with van der Waals surface area (Å²) in [5.41, 5.74) is 4.75. The summed E-state index contributed by atoms with van der Waals surface area (Å²) in [4.78, 5) is 16.4. The molecule has 1 heterocycles. The predicted molar refractivity (Wildman–Crippen MR) is 54.8 cm³/mol. The molecule has 84 valence electrons. The quantitative estimate of drug-likeness (QED) is 0.741. The number of sulfonamides is 1. The minimum absolute atomic E-state index is 0.00281. The maximum Gasteiger partial charge on any atom is 0.272 e. The van der Waals surface area contributed by atoms with Crippen molar-refractivity contribution in [1.29, 1.82) is 0 Å². The molecule has 0 aromatic carbocycles. The van der Waals surface area contributed by atoms with Crippen LogP contribution in [0.4, 0.5) is 0 Å². The molecular formula is C6H7ClN2O4S2. The summed E-state index contributed by atoms with van der Waals surface area (Å²) in [6.07, 6.45) is 0. The minimum atomic E-state index is -3.78. The van der Waals surface area contributed by atoms with Gasteiger partial charge in [0.25, 0.3) is 10.0 Å². The maximum atomic E-state index is 11.4. The third kappa shape index (κ3) is 3.76. The number of thiophene rings is 1. The zero-order valence-corrected chi connectivity index (χ0v) is 9.66. The molecule has 1 aromatic rings. The van der Waals surface area contributed by atoms with Gasteiger partial charge in [0.05, 0.1) is 4.34 Å². The van der Waals surface area contributed by atoms with Gasteiger partial charge in [-0.05, 0) is 12.1 Å². The molecule has 0 aliphatic carbocycles. The molecule has 9 heteroatoms. The third-order valence-electron chi connectivity index (χ3n) is 1.20. The van der Waals surface area contributed by atoms with Crippen molar-refractivity contribution in [3.8, 4) is 0 Å². The second-order valence-electron chi connectivity index (χ2n) is 2.40. The van der Waals surface area contributed by atoms with Crippen molar-refractivity contribution >= 4 is 38.9 Å². The molecule has 0 saturated carbocycles. The lowest BCUT2D eigenvalue weighted by atomic mass is 10.7. The summed E-state index contributed by atoms with van der Waals surface area (Å²) in [6.45, 7) is -0.529. The zero-order chi connectivity index (χ0) is 11.5. The molecule has 0 aliphatic heterocycles. The number of hydrogen-bond donors (Lipinski definition) is 2. The van der Waals surface area contributed by atoms with E-state index in [0.717, 1.165) is 11.3 Å². The van der Waals surface area contributed by atoms with E-state index in [9.17, 15) is 13.2 Å². The van der Waals surface area contributed by atoms with E-state index in [1.807, 2.05) is 0 Å². The van der Waals surface area contributed by atoms with Crippen LogP contribution in [0.15, 0.2) is 16.3 Å². The van der Waals surface area contributed by atoms with Crippen LogP contribution >= 0.6 is 22.9 Å². The molecule has 1 amide bonds. The number of carbonyl (C=O) groups is 1. The number of hydrogen-bond acceptors (Lipinski definition) is 5. The summed E-state index contributed by atoms with van der Waals surface area (Å²) < 4.78 is 23.1. The Morgan fingerprint density at radius 3 is 2.73 bits per heavy atom. The average molecular weight is 271 g/mol. The van der Waals surface area contributed by atoms with E-state index in [-0.39, 0.29) is 4.21 Å². The van der Waals surface area contributed by atoms with Gasteiger partial charge in [-0.3, -0.25) is 9.63 Å².